The highest BCUT2D eigenvalue weighted by molar-refractivity contribution is 7.16. The number of thiophene rings is 1. The second-order valence-electron chi connectivity index (χ2n) is 4.23. The number of ether oxygens (including phenoxy) is 1. The molecular weight excluding hydrogens is 310 g/mol. The second kappa shape index (κ2) is 7.24. The van der Waals surface area contributed by atoms with E-state index >= 15 is 0 Å². The number of nitrogens with one attached hydrogen (secondary N) is 1. The van der Waals surface area contributed by atoms with Gasteiger partial charge in [-0.05, 0) is 43.3 Å². The Balaban J connectivity index is 1.93. The van der Waals surface area contributed by atoms with Crippen LogP contribution in [0.3, 0.4) is 0 Å². The molecule has 1 heterocycles. The van der Waals surface area contributed by atoms with E-state index in [1.54, 1.807) is 37.3 Å². The van der Waals surface area contributed by atoms with Crippen LogP contribution in [-0.4, -0.2) is 18.5 Å². The fraction of sp³-hybridized carbons (Fsp3) is 0.200. The van der Waals surface area contributed by atoms with Crippen molar-refractivity contribution in [2.75, 3.05) is 11.9 Å². The van der Waals surface area contributed by atoms with Crippen molar-refractivity contribution in [1.29, 1.82) is 0 Å². The van der Waals surface area contributed by atoms with E-state index in [9.17, 15) is 9.59 Å². The number of amides is 1. The Bertz CT molecular complexity index is 637. The van der Waals surface area contributed by atoms with Crippen LogP contribution >= 0.6 is 22.9 Å². The molecule has 0 bridgehead atoms. The van der Waals surface area contributed by atoms with E-state index < -0.39 is 0 Å². The summed E-state index contributed by atoms with van der Waals surface area (Å²) in [5.74, 6) is -0.499. The monoisotopic (exact) mass is 323 g/mol. The summed E-state index contributed by atoms with van der Waals surface area (Å²) in [6.07, 6.45) is 0.275. The van der Waals surface area contributed by atoms with Gasteiger partial charge in [0.1, 0.15) is 0 Å². The fourth-order valence-corrected chi connectivity index (χ4v) is 2.80. The topological polar surface area (TPSA) is 55.4 Å². The van der Waals surface area contributed by atoms with Gasteiger partial charge in [0.2, 0.25) is 5.91 Å². The van der Waals surface area contributed by atoms with Crippen molar-refractivity contribution in [1.82, 2.24) is 0 Å². The quantitative estimate of drug-likeness (QED) is 0.852. The van der Waals surface area contributed by atoms with E-state index in [4.69, 9.17) is 16.3 Å². The van der Waals surface area contributed by atoms with E-state index in [1.807, 2.05) is 6.07 Å². The maximum atomic E-state index is 11.9. The van der Waals surface area contributed by atoms with Gasteiger partial charge in [-0.15, -0.1) is 11.3 Å². The maximum Gasteiger partial charge on any atom is 0.338 e. The first-order valence-electron chi connectivity index (χ1n) is 6.39. The first kappa shape index (κ1) is 15.5. The molecule has 0 atom stereocenters. The molecular formula is C15H14ClNO3S. The van der Waals surface area contributed by atoms with E-state index in [2.05, 4.69) is 5.32 Å². The van der Waals surface area contributed by atoms with Crippen molar-refractivity contribution < 1.29 is 14.3 Å². The predicted octanol–water partition coefficient (Wildman–Crippen LogP) is 3.76. The van der Waals surface area contributed by atoms with Crippen LogP contribution < -0.4 is 5.32 Å². The number of hydrogen-bond donors (Lipinski definition) is 1. The molecule has 0 unspecified atom stereocenters. The Hall–Kier alpha value is -1.85. The van der Waals surface area contributed by atoms with Crippen molar-refractivity contribution in [2.45, 2.75) is 13.3 Å². The summed E-state index contributed by atoms with van der Waals surface area (Å²) in [7, 11) is 0. The van der Waals surface area contributed by atoms with Gasteiger partial charge in [-0.1, -0.05) is 11.6 Å². The molecule has 4 nitrogen and oxygen atoms in total. The molecule has 1 aromatic heterocycles. The molecule has 0 fully saturated rings. The molecule has 0 aliphatic carbocycles. The highest BCUT2D eigenvalue weighted by Gasteiger charge is 2.08. The van der Waals surface area contributed by atoms with E-state index in [-0.39, 0.29) is 18.3 Å². The van der Waals surface area contributed by atoms with Crippen LogP contribution in [0.5, 0.6) is 0 Å². The van der Waals surface area contributed by atoms with Gasteiger partial charge in [0, 0.05) is 10.6 Å². The standard InChI is InChI=1S/C15H14ClNO3S/c1-2-20-15(19)10-3-5-11(6-4-10)17-14(18)9-12-7-8-13(16)21-12/h3-8H,2,9H2,1H3,(H,17,18). The van der Waals surface area contributed by atoms with Gasteiger partial charge in [-0.3, -0.25) is 4.79 Å². The largest absolute Gasteiger partial charge is 0.462 e. The van der Waals surface area contributed by atoms with Gasteiger partial charge in [0.25, 0.3) is 0 Å². The average Bonchev–Trinajstić information content (AvgIpc) is 2.85. The zero-order valence-corrected chi connectivity index (χ0v) is 13.0. The molecule has 0 spiro atoms. The number of hydrogen-bond acceptors (Lipinski definition) is 4. The lowest BCUT2D eigenvalue weighted by atomic mass is 10.2. The maximum absolute atomic E-state index is 11.9. The lowest BCUT2D eigenvalue weighted by Gasteiger charge is -2.06. The molecule has 0 aliphatic heterocycles. The Morgan fingerprint density at radius 1 is 1.19 bits per heavy atom. The molecule has 110 valence electrons. The first-order valence-corrected chi connectivity index (χ1v) is 7.59. The molecule has 1 aromatic carbocycles. The minimum Gasteiger partial charge on any atom is -0.462 e. The van der Waals surface area contributed by atoms with Gasteiger partial charge >= 0.3 is 5.97 Å². The van der Waals surface area contributed by atoms with E-state index in [1.165, 1.54) is 11.3 Å². The van der Waals surface area contributed by atoms with Gasteiger partial charge in [-0.2, -0.15) is 0 Å². The zero-order valence-electron chi connectivity index (χ0n) is 11.4. The van der Waals surface area contributed by atoms with Gasteiger partial charge in [0.15, 0.2) is 0 Å². The van der Waals surface area contributed by atoms with Crippen LogP contribution in [0.15, 0.2) is 36.4 Å². The van der Waals surface area contributed by atoms with Gasteiger partial charge < -0.3 is 10.1 Å². The third kappa shape index (κ3) is 4.58. The molecule has 0 radical (unpaired) electrons. The van der Waals surface area contributed by atoms with E-state index in [0.29, 0.717) is 22.2 Å². The number of benzene rings is 1. The number of carbonyl (C=O) groups is 2. The molecule has 2 aromatic rings. The van der Waals surface area contributed by atoms with Gasteiger partial charge in [0.05, 0.1) is 22.9 Å². The summed E-state index contributed by atoms with van der Waals surface area (Å²) in [5.41, 5.74) is 1.09. The summed E-state index contributed by atoms with van der Waals surface area (Å²) in [4.78, 5) is 24.3. The number of rotatable bonds is 5. The summed E-state index contributed by atoms with van der Waals surface area (Å²) in [5, 5.41) is 2.77. The Morgan fingerprint density at radius 3 is 2.48 bits per heavy atom. The predicted molar refractivity (Wildman–Crippen MR) is 84.1 cm³/mol. The Kier molecular flexibility index (Phi) is 5.36. The third-order valence-electron chi connectivity index (χ3n) is 2.64. The smallest absolute Gasteiger partial charge is 0.338 e. The van der Waals surface area contributed by atoms with Crippen LogP contribution in [0.2, 0.25) is 4.34 Å². The molecule has 1 amide bonds. The Morgan fingerprint density at radius 2 is 1.90 bits per heavy atom. The SMILES string of the molecule is CCOC(=O)c1ccc(NC(=O)Cc2ccc(Cl)s2)cc1. The average molecular weight is 324 g/mol. The highest BCUT2D eigenvalue weighted by Crippen LogP contribution is 2.22. The molecule has 0 saturated carbocycles. The minimum atomic E-state index is -0.372. The van der Waals surface area contributed by atoms with Crippen LogP contribution in [0.1, 0.15) is 22.2 Å². The second-order valence-corrected chi connectivity index (χ2v) is 6.03. The molecule has 1 N–H and O–H groups in total. The summed E-state index contributed by atoms with van der Waals surface area (Å²) in [6, 6.07) is 10.2. The molecule has 0 saturated heterocycles. The Labute approximate surface area is 131 Å². The fourth-order valence-electron chi connectivity index (χ4n) is 1.71. The van der Waals surface area contributed by atoms with Crippen molar-refractivity contribution in [3.8, 4) is 0 Å². The molecule has 6 heteroatoms. The van der Waals surface area contributed by atoms with Crippen molar-refractivity contribution in [2.24, 2.45) is 0 Å². The summed E-state index contributed by atoms with van der Waals surface area (Å²) >= 11 is 7.20. The highest BCUT2D eigenvalue weighted by atomic mass is 35.5. The molecule has 0 aliphatic rings. The lowest BCUT2D eigenvalue weighted by molar-refractivity contribution is -0.115. The van der Waals surface area contributed by atoms with Crippen LogP contribution in [0.4, 0.5) is 5.69 Å². The van der Waals surface area contributed by atoms with Crippen molar-refractivity contribution >= 4 is 40.5 Å². The number of halogens is 1. The third-order valence-corrected chi connectivity index (χ3v) is 3.87. The number of carbonyl (C=O) groups excluding carboxylic acids is 2. The van der Waals surface area contributed by atoms with Crippen LogP contribution in [-0.2, 0) is 16.0 Å². The first-order chi connectivity index (χ1) is 10.1. The van der Waals surface area contributed by atoms with Crippen LogP contribution in [0.25, 0.3) is 0 Å². The van der Waals surface area contributed by atoms with Crippen molar-refractivity contribution in [3.05, 3.63) is 51.2 Å². The van der Waals surface area contributed by atoms with Gasteiger partial charge in [-0.25, -0.2) is 4.79 Å². The van der Waals surface area contributed by atoms with Crippen LogP contribution in [0, 0.1) is 0 Å². The number of esters is 1. The summed E-state index contributed by atoms with van der Waals surface area (Å²) in [6.45, 7) is 2.09. The van der Waals surface area contributed by atoms with Crippen molar-refractivity contribution in [3.63, 3.8) is 0 Å². The van der Waals surface area contributed by atoms with E-state index in [0.717, 1.165) is 4.88 Å². The minimum absolute atomic E-state index is 0.127. The normalized spacial score (nSPS) is 10.2. The summed E-state index contributed by atoms with van der Waals surface area (Å²) < 4.78 is 5.56. The molecule has 21 heavy (non-hydrogen) atoms. The zero-order chi connectivity index (χ0) is 15.2. The lowest BCUT2D eigenvalue weighted by Crippen LogP contribution is -2.13. The molecule has 2 rings (SSSR count). The number of anilines is 1.